The second-order valence-corrected chi connectivity index (χ2v) is 4.27. The molecule has 0 saturated carbocycles. The summed E-state index contributed by atoms with van der Waals surface area (Å²) in [6.07, 6.45) is 1.53. The fourth-order valence-electron chi connectivity index (χ4n) is 0.980. The third-order valence-corrected chi connectivity index (χ3v) is 1.76. The zero-order valence-corrected chi connectivity index (χ0v) is 9.80. The van der Waals surface area contributed by atoms with Gasteiger partial charge in [0.15, 0.2) is 0 Å². The molecule has 0 rings (SSSR count). The lowest BCUT2D eigenvalue weighted by Crippen LogP contribution is -2.30. The van der Waals surface area contributed by atoms with Crippen LogP contribution in [0.3, 0.4) is 0 Å². The maximum atomic E-state index is 11.2. The molecule has 14 heavy (non-hydrogen) atoms. The van der Waals surface area contributed by atoms with Crippen molar-refractivity contribution in [3.8, 4) is 0 Å². The van der Waals surface area contributed by atoms with Gasteiger partial charge in [0.05, 0.1) is 6.61 Å². The Morgan fingerprint density at radius 3 is 2.36 bits per heavy atom. The van der Waals surface area contributed by atoms with Crippen molar-refractivity contribution in [3.63, 3.8) is 0 Å². The first-order valence-electron chi connectivity index (χ1n) is 5.39. The van der Waals surface area contributed by atoms with Gasteiger partial charge in [0.2, 0.25) is 5.91 Å². The van der Waals surface area contributed by atoms with Crippen LogP contribution in [-0.4, -0.2) is 25.2 Å². The van der Waals surface area contributed by atoms with E-state index < -0.39 is 0 Å². The topological polar surface area (TPSA) is 38.3 Å². The molecule has 0 aliphatic heterocycles. The van der Waals surface area contributed by atoms with Crippen molar-refractivity contribution in [2.75, 3.05) is 13.2 Å². The summed E-state index contributed by atoms with van der Waals surface area (Å²) in [5, 5.41) is 2.82. The number of hydrogen-bond donors (Lipinski definition) is 1. The minimum Gasteiger partial charge on any atom is -0.381 e. The highest BCUT2D eigenvalue weighted by molar-refractivity contribution is 5.76. The van der Waals surface area contributed by atoms with Crippen LogP contribution in [0, 0.1) is 5.92 Å². The molecule has 1 amide bonds. The molecular weight excluding hydrogens is 178 g/mol. The first kappa shape index (κ1) is 13.4. The van der Waals surface area contributed by atoms with Crippen LogP contribution < -0.4 is 5.32 Å². The van der Waals surface area contributed by atoms with E-state index in [9.17, 15) is 4.79 Å². The molecule has 0 bridgehead atoms. The molecule has 0 unspecified atom stereocenters. The van der Waals surface area contributed by atoms with Crippen molar-refractivity contribution in [1.82, 2.24) is 5.32 Å². The van der Waals surface area contributed by atoms with Gasteiger partial charge >= 0.3 is 0 Å². The van der Waals surface area contributed by atoms with Gasteiger partial charge in [-0.15, -0.1) is 0 Å². The number of carbonyl (C=O) groups excluding carboxylic acids is 1. The van der Waals surface area contributed by atoms with E-state index in [-0.39, 0.29) is 11.9 Å². The Morgan fingerprint density at radius 2 is 1.86 bits per heavy atom. The molecule has 0 heterocycles. The van der Waals surface area contributed by atoms with Gasteiger partial charge in [-0.1, -0.05) is 13.8 Å². The fourth-order valence-corrected chi connectivity index (χ4v) is 0.980. The maximum Gasteiger partial charge on any atom is 0.222 e. The maximum absolute atomic E-state index is 11.2. The number of hydrogen-bond acceptors (Lipinski definition) is 2. The van der Waals surface area contributed by atoms with E-state index in [1.54, 1.807) is 0 Å². The number of nitrogens with one attached hydrogen (secondary N) is 1. The van der Waals surface area contributed by atoms with Crippen LogP contribution >= 0.6 is 0 Å². The second-order valence-electron chi connectivity index (χ2n) is 4.27. The van der Waals surface area contributed by atoms with E-state index in [0.29, 0.717) is 18.9 Å². The van der Waals surface area contributed by atoms with Crippen LogP contribution in [-0.2, 0) is 9.53 Å². The predicted molar refractivity (Wildman–Crippen MR) is 58.2 cm³/mol. The summed E-state index contributed by atoms with van der Waals surface area (Å²) in [6.45, 7) is 9.52. The van der Waals surface area contributed by atoms with Crippen LogP contribution in [0.4, 0.5) is 0 Å². The van der Waals surface area contributed by atoms with Crippen molar-refractivity contribution in [1.29, 1.82) is 0 Å². The molecule has 0 aliphatic rings. The van der Waals surface area contributed by atoms with Crippen LogP contribution in [0.1, 0.15) is 40.5 Å². The van der Waals surface area contributed by atoms with Crippen LogP contribution in [0.25, 0.3) is 0 Å². The highest BCUT2D eigenvalue weighted by Gasteiger charge is 2.02. The van der Waals surface area contributed by atoms with E-state index >= 15 is 0 Å². The van der Waals surface area contributed by atoms with Crippen molar-refractivity contribution in [3.05, 3.63) is 0 Å². The summed E-state index contributed by atoms with van der Waals surface area (Å²) >= 11 is 0. The summed E-state index contributed by atoms with van der Waals surface area (Å²) in [5.74, 6) is 0.740. The third kappa shape index (κ3) is 9.52. The Balaban J connectivity index is 3.23. The molecule has 1 N–H and O–H groups in total. The molecule has 3 nitrogen and oxygen atoms in total. The van der Waals surface area contributed by atoms with Crippen molar-refractivity contribution in [2.24, 2.45) is 5.92 Å². The highest BCUT2D eigenvalue weighted by atomic mass is 16.5. The normalized spacial score (nSPS) is 11.0. The minimum atomic E-state index is 0.0737. The van der Waals surface area contributed by atoms with Gasteiger partial charge in [-0.05, 0) is 26.2 Å². The first-order chi connectivity index (χ1) is 6.52. The molecule has 0 spiro atoms. The second kappa shape index (κ2) is 7.80. The van der Waals surface area contributed by atoms with Crippen LogP contribution in [0.5, 0.6) is 0 Å². The van der Waals surface area contributed by atoms with Gasteiger partial charge in [-0.3, -0.25) is 4.79 Å². The zero-order valence-electron chi connectivity index (χ0n) is 9.80. The smallest absolute Gasteiger partial charge is 0.222 e. The van der Waals surface area contributed by atoms with Crippen LogP contribution in [0.2, 0.25) is 0 Å². The largest absolute Gasteiger partial charge is 0.381 e. The molecule has 0 saturated heterocycles. The van der Waals surface area contributed by atoms with Crippen molar-refractivity contribution in [2.45, 2.75) is 46.6 Å². The molecular formula is C11H23NO2. The molecule has 0 aromatic rings. The van der Waals surface area contributed by atoms with E-state index in [2.05, 4.69) is 19.2 Å². The third-order valence-electron chi connectivity index (χ3n) is 1.76. The SMILES string of the molecule is CC(C)CCOCCC(=O)NC(C)C. The van der Waals surface area contributed by atoms with Crippen LogP contribution in [0.15, 0.2) is 0 Å². The molecule has 0 atom stereocenters. The lowest BCUT2D eigenvalue weighted by Gasteiger charge is -2.09. The van der Waals surface area contributed by atoms with Gasteiger partial charge in [0.25, 0.3) is 0 Å². The van der Waals surface area contributed by atoms with E-state index in [4.69, 9.17) is 4.74 Å². The first-order valence-corrected chi connectivity index (χ1v) is 5.39. The predicted octanol–water partition coefficient (Wildman–Crippen LogP) is 1.96. The van der Waals surface area contributed by atoms with Gasteiger partial charge in [0, 0.05) is 19.1 Å². The average molecular weight is 201 g/mol. The van der Waals surface area contributed by atoms with E-state index in [0.717, 1.165) is 13.0 Å². The summed E-state index contributed by atoms with van der Waals surface area (Å²) in [6, 6.07) is 0.221. The van der Waals surface area contributed by atoms with E-state index in [1.165, 1.54) is 0 Å². The quantitative estimate of drug-likeness (QED) is 0.639. The van der Waals surface area contributed by atoms with Crippen molar-refractivity contribution >= 4 is 5.91 Å². The molecule has 0 aromatic heterocycles. The lowest BCUT2D eigenvalue weighted by molar-refractivity contribution is -0.122. The van der Waals surface area contributed by atoms with Gasteiger partial charge in [0.1, 0.15) is 0 Å². The molecule has 84 valence electrons. The fraction of sp³-hybridized carbons (Fsp3) is 0.909. The number of amides is 1. The molecule has 0 radical (unpaired) electrons. The molecule has 0 fully saturated rings. The lowest BCUT2D eigenvalue weighted by atomic mass is 10.1. The molecule has 3 heteroatoms. The Labute approximate surface area is 87.2 Å². The van der Waals surface area contributed by atoms with Crippen molar-refractivity contribution < 1.29 is 9.53 Å². The number of ether oxygens (including phenoxy) is 1. The standard InChI is InChI=1S/C11H23NO2/c1-9(2)5-7-14-8-6-11(13)12-10(3)4/h9-10H,5-8H2,1-4H3,(H,12,13). The summed E-state index contributed by atoms with van der Waals surface area (Å²) in [5.41, 5.74) is 0. The zero-order chi connectivity index (χ0) is 11.0. The van der Waals surface area contributed by atoms with Gasteiger partial charge in [-0.25, -0.2) is 0 Å². The minimum absolute atomic E-state index is 0.0737. The highest BCUT2D eigenvalue weighted by Crippen LogP contribution is 1.99. The van der Waals surface area contributed by atoms with Gasteiger partial charge < -0.3 is 10.1 Å². The summed E-state index contributed by atoms with van der Waals surface area (Å²) < 4.78 is 5.34. The summed E-state index contributed by atoms with van der Waals surface area (Å²) in [4.78, 5) is 11.2. The van der Waals surface area contributed by atoms with E-state index in [1.807, 2.05) is 13.8 Å². The van der Waals surface area contributed by atoms with Gasteiger partial charge in [-0.2, -0.15) is 0 Å². The Hall–Kier alpha value is -0.570. The molecule has 0 aliphatic carbocycles. The Bertz CT molecular complexity index is 155. The Morgan fingerprint density at radius 1 is 1.21 bits per heavy atom. The Kier molecular flexibility index (Phi) is 7.48. The number of rotatable bonds is 7. The monoisotopic (exact) mass is 201 g/mol. The average Bonchev–Trinajstić information content (AvgIpc) is 2.01. The summed E-state index contributed by atoms with van der Waals surface area (Å²) in [7, 11) is 0. The molecule has 0 aromatic carbocycles. The number of carbonyl (C=O) groups is 1.